The van der Waals surface area contributed by atoms with Crippen LogP contribution in [0.15, 0.2) is 262 Å². The topological polar surface area (TPSA) is 294 Å². The Balaban J connectivity index is 0.00000131. The number of esters is 3. The SMILES string of the molecule is C=CC(CC(=O)c1ccc(OC)cc1)c1ccccc1.C=CC(c1ccccc1)C(C(=O)OC)C(=O)c1ccc(OC)cc1.CCOO.CCOP(=O)(OCC)OC/C=C/c1ccccc1.COC(=O)/C=C(\[O-])c1ccc(OC)cc1.COC(=O)C(C/C=C/c1ccccc1)C(=O)c1ccc(OC)cc1.[K+].[Na+].[OH-]. The molecule has 0 amide bonds. The summed E-state index contributed by atoms with van der Waals surface area (Å²) in [6.07, 6.45) is 12.4. The first-order chi connectivity index (χ1) is 50.8. The molecule has 0 saturated carbocycles. The third-order valence-electron chi connectivity index (χ3n) is 14.9. The van der Waals surface area contributed by atoms with Crippen LogP contribution in [0.2, 0.25) is 0 Å². The van der Waals surface area contributed by atoms with E-state index in [4.69, 9.17) is 47.2 Å². The van der Waals surface area contributed by atoms with Crippen LogP contribution in [0.1, 0.15) is 104 Å². The molecule has 564 valence electrons. The van der Waals surface area contributed by atoms with Gasteiger partial charge < -0.3 is 43.7 Å². The monoisotopic (exact) mass is 1530 g/mol. The molecule has 24 heteroatoms. The van der Waals surface area contributed by atoms with Crippen molar-refractivity contribution in [3.8, 4) is 23.0 Å². The molecule has 8 rings (SSSR count). The predicted octanol–water partition coefficient (Wildman–Crippen LogP) is 10.4. The van der Waals surface area contributed by atoms with E-state index in [1.807, 2.05) is 146 Å². The summed E-state index contributed by atoms with van der Waals surface area (Å²) in [6, 6.07) is 65.8. The number of phosphoric ester groups is 1. The van der Waals surface area contributed by atoms with Crippen LogP contribution in [-0.4, -0.2) is 122 Å². The Morgan fingerprint density at radius 1 is 0.472 bits per heavy atom. The Kier molecular flexibility index (Phi) is 53.9. The van der Waals surface area contributed by atoms with E-state index < -0.39 is 43.5 Å². The number of allylic oxidation sites excluding steroid dienone is 3. The summed E-state index contributed by atoms with van der Waals surface area (Å²) < 4.78 is 61.3. The molecule has 2 N–H and O–H groups in total. The van der Waals surface area contributed by atoms with Gasteiger partial charge in [-0.15, -0.1) is 13.2 Å². The summed E-state index contributed by atoms with van der Waals surface area (Å²) in [4.78, 5) is 76.5. The van der Waals surface area contributed by atoms with E-state index in [2.05, 4.69) is 22.8 Å². The second-order valence-electron chi connectivity index (χ2n) is 21.7. The van der Waals surface area contributed by atoms with Crippen molar-refractivity contribution < 1.29 is 182 Å². The number of Topliss-reactive ketones (excluding diaryl/α,β-unsaturated/α-hetero) is 3. The summed E-state index contributed by atoms with van der Waals surface area (Å²) in [5.74, 6) is -2.16. The van der Waals surface area contributed by atoms with Crippen molar-refractivity contribution in [2.75, 3.05) is 76.2 Å². The molecule has 4 unspecified atom stereocenters. The van der Waals surface area contributed by atoms with Gasteiger partial charge in [-0.2, -0.15) is 0 Å². The van der Waals surface area contributed by atoms with Crippen LogP contribution in [0.5, 0.6) is 23.0 Å². The number of ketones is 3. The van der Waals surface area contributed by atoms with E-state index in [1.165, 1.54) is 28.4 Å². The molecule has 4 atom stereocenters. The number of ether oxygens (including phenoxy) is 7. The Bertz CT molecular complexity index is 3980. The van der Waals surface area contributed by atoms with Crippen LogP contribution in [0.25, 0.3) is 17.9 Å². The number of phosphoric acid groups is 1. The fraction of sp³-hybridized carbons (Fsp3) is 0.238. The normalized spacial score (nSPS) is 11.5. The van der Waals surface area contributed by atoms with Gasteiger partial charge in [-0.3, -0.25) is 42.8 Å². The van der Waals surface area contributed by atoms with Crippen LogP contribution < -0.4 is 105 Å². The standard InChI is InChI=1S/2C20H20O4.C18H18O2.C13H19O4P.C11H12O4.C2H6O2.K.Na.H2O/c1-23-17-13-11-16(12-14-17)19(21)18(20(22)24-2)10-6-9-15-7-4-3-5-8-15;1-4-17(14-8-6-5-7-9-14)18(20(22)24-3)19(21)15-10-12-16(23-2)13-11-15;1-3-14(15-7-5-4-6-8-15)13-18(19)16-9-11-17(20-2)12-10-16;1-3-15-18(14,16-4-2)17-12-8-11-13-9-6-5-7-10-13;1-14-9-5-3-8(4-6-9)10(12)7-11(13)15-2;1-2-4-3;;;/h3-9,11-14,18H,10H2,1-2H3;4-13,17-18H,1H2,2-3H3;3-12,14H,1,13H2,2H3;5-11H,3-4,12H2,1-2H3;3-7,12H,1-2H3;3H,2H2,1H3;;;1H2/q;;;;;;2*+1;/p-2/b9-6+;;;11-8+;10-7-;;;;. The summed E-state index contributed by atoms with van der Waals surface area (Å²) in [5, 5.41) is 18.8. The van der Waals surface area contributed by atoms with Crippen molar-refractivity contribution in [2.24, 2.45) is 11.8 Å². The number of hydrogen-bond donors (Lipinski definition) is 1. The van der Waals surface area contributed by atoms with Crippen molar-refractivity contribution >= 4 is 61.0 Å². The number of rotatable bonds is 32. The first-order valence-corrected chi connectivity index (χ1v) is 34.6. The van der Waals surface area contributed by atoms with Crippen LogP contribution in [0.4, 0.5) is 0 Å². The zero-order chi connectivity index (χ0) is 77.2. The van der Waals surface area contributed by atoms with E-state index in [9.17, 15) is 38.4 Å². The zero-order valence-electron chi connectivity index (χ0n) is 63.4. The Morgan fingerprint density at radius 3 is 1.22 bits per heavy atom. The van der Waals surface area contributed by atoms with Gasteiger partial charge in [0, 0.05) is 41.0 Å². The molecule has 0 radical (unpaired) electrons. The van der Waals surface area contributed by atoms with E-state index in [-0.39, 0.29) is 128 Å². The van der Waals surface area contributed by atoms with Crippen molar-refractivity contribution in [2.45, 2.75) is 45.4 Å². The zero-order valence-corrected chi connectivity index (χ0v) is 69.4. The molecule has 21 nitrogen and oxygen atoms in total. The number of hydrogen-bond acceptors (Lipinski definition) is 21. The Hall–Kier alpha value is -8.49. The number of carbonyl (C=O) groups excluding carboxylic acids is 6. The molecule has 0 aliphatic heterocycles. The molecule has 0 spiro atoms. The molecular formula is C84H95KNaO21P. The average molecular weight is 1530 g/mol. The molecule has 0 heterocycles. The minimum Gasteiger partial charge on any atom is -0.872 e. The van der Waals surface area contributed by atoms with Gasteiger partial charge in [-0.25, -0.2) is 14.2 Å². The van der Waals surface area contributed by atoms with E-state index in [1.54, 1.807) is 151 Å². The second kappa shape index (κ2) is 58.5. The van der Waals surface area contributed by atoms with Gasteiger partial charge in [-0.05, 0) is 140 Å². The van der Waals surface area contributed by atoms with Gasteiger partial charge in [0.2, 0.25) is 0 Å². The smallest absolute Gasteiger partial charge is 0.872 e. The van der Waals surface area contributed by atoms with Gasteiger partial charge in [0.25, 0.3) is 0 Å². The molecule has 0 aromatic heterocycles. The molecule has 0 bridgehead atoms. The van der Waals surface area contributed by atoms with Gasteiger partial charge in [0.15, 0.2) is 17.3 Å². The first-order valence-electron chi connectivity index (χ1n) is 33.2. The van der Waals surface area contributed by atoms with Crippen LogP contribution in [-0.2, 0) is 51.6 Å². The van der Waals surface area contributed by atoms with Crippen LogP contribution in [0, 0.1) is 11.8 Å². The fourth-order valence-corrected chi connectivity index (χ4v) is 10.5. The summed E-state index contributed by atoms with van der Waals surface area (Å²) in [6.45, 7) is 14.0. The van der Waals surface area contributed by atoms with E-state index in [0.29, 0.717) is 65.7 Å². The van der Waals surface area contributed by atoms with Crippen molar-refractivity contribution in [1.29, 1.82) is 0 Å². The maximum atomic E-state index is 12.9. The third kappa shape index (κ3) is 37.1. The van der Waals surface area contributed by atoms with Crippen LogP contribution >= 0.6 is 7.82 Å². The Labute approximate surface area is 699 Å². The van der Waals surface area contributed by atoms with Gasteiger partial charge in [-0.1, -0.05) is 176 Å². The second-order valence-corrected chi connectivity index (χ2v) is 23.3. The molecule has 8 aromatic rings. The largest absolute Gasteiger partial charge is 1.00 e. The Morgan fingerprint density at radius 2 is 0.852 bits per heavy atom. The summed E-state index contributed by atoms with van der Waals surface area (Å²) in [5.41, 5.74) is 6.03. The molecule has 0 saturated heterocycles. The number of benzene rings is 8. The number of carbonyl (C=O) groups is 6. The van der Waals surface area contributed by atoms with Crippen molar-refractivity contribution in [3.63, 3.8) is 0 Å². The predicted molar refractivity (Wildman–Crippen MR) is 408 cm³/mol. The van der Waals surface area contributed by atoms with Crippen molar-refractivity contribution in [1.82, 2.24) is 0 Å². The molecule has 0 aliphatic carbocycles. The maximum Gasteiger partial charge on any atom is 1.00 e. The molecular weight excluding hydrogens is 1440 g/mol. The summed E-state index contributed by atoms with van der Waals surface area (Å²) >= 11 is 0. The summed E-state index contributed by atoms with van der Waals surface area (Å²) in [7, 11) is 6.66. The quantitative estimate of drug-likeness (QED) is 0.00350. The fourth-order valence-electron chi connectivity index (χ4n) is 9.38. The van der Waals surface area contributed by atoms with Crippen LogP contribution in [0.3, 0.4) is 0 Å². The van der Waals surface area contributed by atoms with Gasteiger partial charge in [0.05, 0.1) is 76.2 Å². The third-order valence-corrected chi connectivity index (χ3v) is 16.5. The minimum atomic E-state index is -3.39. The van der Waals surface area contributed by atoms with Crippen molar-refractivity contribution in [3.05, 3.63) is 306 Å². The molecule has 0 fully saturated rings. The van der Waals surface area contributed by atoms with E-state index in [0.717, 1.165) is 34.1 Å². The average Bonchev–Trinajstić information content (AvgIpc) is 0.812. The molecule has 0 aliphatic rings. The van der Waals surface area contributed by atoms with E-state index >= 15 is 0 Å². The minimum absolute atomic E-state index is 0. The first kappa shape index (κ1) is 99.5. The molecule has 108 heavy (non-hydrogen) atoms. The maximum absolute atomic E-state index is 12.9. The molecule has 8 aromatic carbocycles. The van der Waals surface area contributed by atoms with Gasteiger partial charge in [0.1, 0.15) is 34.8 Å². The van der Waals surface area contributed by atoms with Gasteiger partial charge >= 0.3 is 107 Å². The number of methoxy groups -OCH3 is 7.